The van der Waals surface area contributed by atoms with Crippen molar-refractivity contribution in [3.8, 4) is 0 Å². The van der Waals surface area contributed by atoms with Gasteiger partial charge in [0, 0.05) is 11.1 Å². The van der Waals surface area contributed by atoms with Crippen molar-refractivity contribution in [1.82, 2.24) is 4.98 Å². The van der Waals surface area contributed by atoms with E-state index in [1.54, 1.807) is 0 Å². The van der Waals surface area contributed by atoms with E-state index in [1.807, 2.05) is 0 Å². The Morgan fingerprint density at radius 3 is 2.75 bits per heavy atom. The lowest BCUT2D eigenvalue weighted by Gasteiger charge is -2.06. The Balaban J connectivity index is 2.32. The molecule has 2 rings (SSSR count). The van der Waals surface area contributed by atoms with Crippen LogP contribution in [0.5, 0.6) is 0 Å². The minimum Gasteiger partial charge on any atom is -0.315 e. The maximum atomic E-state index is 12.9. The molecule has 0 aliphatic carbocycles. The number of hydrogen-bond donors (Lipinski definition) is 1. The molecular formula is C12H7ClFN3O3. The Morgan fingerprint density at radius 2 is 2.10 bits per heavy atom. The first-order valence-corrected chi connectivity index (χ1v) is 5.73. The summed E-state index contributed by atoms with van der Waals surface area (Å²) in [6.07, 6.45) is 0. The summed E-state index contributed by atoms with van der Waals surface area (Å²) >= 11 is 5.73. The lowest BCUT2D eigenvalue weighted by Crippen LogP contribution is -2.15. The standard InChI is InChI=1S/C12H7ClFN3O3/c13-7-4-5-10(17(19)20)9(6-7)16-12(18)8-2-1-3-11(14)15-8/h1-6H,(H,16,18). The first-order chi connectivity index (χ1) is 9.47. The number of nitrogens with one attached hydrogen (secondary N) is 1. The van der Waals surface area contributed by atoms with Gasteiger partial charge in [0.15, 0.2) is 0 Å². The number of amides is 1. The van der Waals surface area contributed by atoms with Crippen molar-refractivity contribution in [3.63, 3.8) is 0 Å². The highest BCUT2D eigenvalue weighted by Crippen LogP contribution is 2.27. The van der Waals surface area contributed by atoms with Crippen molar-refractivity contribution in [2.24, 2.45) is 0 Å². The third kappa shape index (κ3) is 3.07. The summed E-state index contributed by atoms with van der Waals surface area (Å²) in [6.45, 7) is 0. The van der Waals surface area contributed by atoms with Crippen molar-refractivity contribution in [3.05, 3.63) is 63.2 Å². The topological polar surface area (TPSA) is 85.1 Å². The second-order valence-corrected chi connectivity index (χ2v) is 4.15. The highest BCUT2D eigenvalue weighted by atomic mass is 35.5. The molecule has 6 nitrogen and oxygen atoms in total. The Hall–Kier alpha value is -2.54. The second-order valence-electron chi connectivity index (χ2n) is 3.72. The van der Waals surface area contributed by atoms with Crippen molar-refractivity contribution >= 4 is 28.9 Å². The van der Waals surface area contributed by atoms with E-state index in [-0.39, 0.29) is 22.1 Å². The Labute approximate surface area is 117 Å². The van der Waals surface area contributed by atoms with Gasteiger partial charge in [-0.05, 0) is 24.3 Å². The number of nitro groups is 1. The molecule has 1 amide bonds. The number of benzene rings is 1. The number of pyridine rings is 1. The van der Waals surface area contributed by atoms with Crippen LogP contribution in [0, 0.1) is 16.1 Å². The number of carbonyl (C=O) groups excluding carboxylic acids is 1. The van der Waals surface area contributed by atoms with Gasteiger partial charge in [0.25, 0.3) is 11.6 Å². The number of anilines is 1. The number of aromatic nitrogens is 1. The van der Waals surface area contributed by atoms with E-state index in [0.717, 1.165) is 12.1 Å². The number of nitrogens with zero attached hydrogens (tertiary/aromatic N) is 2. The summed E-state index contributed by atoms with van der Waals surface area (Å²) in [5.41, 5.74) is -0.600. The average Bonchev–Trinajstić information content (AvgIpc) is 2.38. The van der Waals surface area contributed by atoms with Gasteiger partial charge >= 0.3 is 0 Å². The highest BCUT2D eigenvalue weighted by molar-refractivity contribution is 6.31. The van der Waals surface area contributed by atoms with Crippen molar-refractivity contribution in [1.29, 1.82) is 0 Å². The van der Waals surface area contributed by atoms with Crippen LogP contribution in [-0.4, -0.2) is 15.8 Å². The fourth-order valence-corrected chi connectivity index (χ4v) is 1.66. The predicted molar refractivity (Wildman–Crippen MR) is 70.3 cm³/mol. The van der Waals surface area contributed by atoms with Gasteiger partial charge in [-0.1, -0.05) is 17.7 Å². The maximum absolute atomic E-state index is 12.9. The van der Waals surface area contributed by atoms with E-state index in [2.05, 4.69) is 10.3 Å². The van der Waals surface area contributed by atoms with Gasteiger partial charge in [0.05, 0.1) is 4.92 Å². The molecule has 20 heavy (non-hydrogen) atoms. The molecule has 0 aliphatic rings. The summed E-state index contributed by atoms with van der Waals surface area (Å²) in [6, 6.07) is 7.40. The summed E-state index contributed by atoms with van der Waals surface area (Å²) in [7, 11) is 0. The van der Waals surface area contributed by atoms with Crippen molar-refractivity contribution in [2.75, 3.05) is 5.32 Å². The molecule has 0 unspecified atom stereocenters. The molecule has 8 heteroatoms. The van der Waals surface area contributed by atoms with Gasteiger partial charge < -0.3 is 5.32 Å². The van der Waals surface area contributed by atoms with Gasteiger partial charge in [-0.2, -0.15) is 4.39 Å². The fourth-order valence-electron chi connectivity index (χ4n) is 1.49. The Kier molecular flexibility index (Phi) is 3.90. The number of carbonyl (C=O) groups is 1. The van der Waals surface area contributed by atoms with Crippen LogP contribution in [0.1, 0.15) is 10.5 Å². The van der Waals surface area contributed by atoms with Crippen molar-refractivity contribution in [2.45, 2.75) is 0 Å². The molecule has 1 aromatic heterocycles. The molecule has 1 heterocycles. The molecule has 0 bridgehead atoms. The second kappa shape index (κ2) is 5.62. The van der Waals surface area contributed by atoms with Gasteiger partial charge in [-0.15, -0.1) is 0 Å². The third-order valence-corrected chi connectivity index (χ3v) is 2.59. The predicted octanol–water partition coefficient (Wildman–Crippen LogP) is 3.03. The molecule has 2 aromatic rings. The van der Waals surface area contributed by atoms with Crippen LogP contribution >= 0.6 is 11.6 Å². The largest absolute Gasteiger partial charge is 0.315 e. The van der Waals surface area contributed by atoms with Crippen LogP contribution in [-0.2, 0) is 0 Å². The zero-order valence-electron chi connectivity index (χ0n) is 9.84. The molecule has 102 valence electrons. The highest BCUT2D eigenvalue weighted by Gasteiger charge is 2.17. The van der Waals surface area contributed by atoms with E-state index in [1.165, 1.54) is 24.3 Å². The monoisotopic (exact) mass is 295 g/mol. The zero-order valence-corrected chi connectivity index (χ0v) is 10.6. The van der Waals surface area contributed by atoms with Crippen molar-refractivity contribution < 1.29 is 14.1 Å². The molecule has 0 saturated heterocycles. The number of nitro benzene ring substituents is 1. The zero-order chi connectivity index (χ0) is 14.7. The van der Waals surface area contributed by atoms with E-state index in [4.69, 9.17) is 11.6 Å². The molecule has 0 atom stereocenters. The lowest BCUT2D eigenvalue weighted by atomic mass is 10.2. The number of halogens is 2. The van der Waals surface area contributed by atoms with Gasteiger partial charge in [-0.25, -0.2) is 4.98 Å². The Bertz CT molecular complexity index is 693. The first-order valence-electron chi connectivity index (χ1n) is 5.35. The molecule has 0 aliphatic heterocycles. The van der Waals surface area contributed by atoms with E-state index >= 15 is 0 Å². The SMILES string of the molecule is O=C(Nc1cc(Cl)ccc1[N+](=O)[O-])c1cccc(F)n1. The van der Waals surface area contributed by atoms with Crippen LogP contribution in [0.15, 0.2) is 36.4 Å². The summed E-state index contributed by atoms with van der Waals surface area (Å²) in [5.74, 6) is -1.59. The van der Waals surface area contributed by atoms with Gasteiger partial charge in [0.2, 0.25) is 5.95 Å². The van der Waals surface area contributed by atoms with Gasteiger partial charge in [0.1, 0.15) is 11.4 Å². The smallest absolute Gasteiger partial charge is 0.292 e. The molecule has 0 saturated carbocycles. The Morgan fingerprint density at radius 1 is 1.35 bits per heavy atom. The minimum atomic E-state index is -0.821. The van der Waals surface area contributed by atoms with Crippen LogP contribution in [0.2, 0.25) is 5.02 Å². The minimum absolute atomic E-state index is 0.0847. The molecule has 1 aromatic carbocycles. The fraction of sp³-hybridized carbons (Fsp3) is 0. The molecule has 0 radical (unpaired) electrons. The lowest BCUT2D eigenvalue weighted by molar-refractivity contribution is -0.383. The van der Waals surface area contributed by atoms with Crippen LogP contribution in [0.25, 0.3) is 0 Å². The van der Waals surface area contributed by atoms with E-state index in [0.29, 0.717) is 0 Å². The summed E-state index contributed by atoms with van der Waals surface area (Å²) in [5, 5.41) is 13.3. The molecule has 0 spiro atoms. The first kappa shape index (κ1) is 13.9. The van der Waals surface area contributed by atoms with E-state index < -0.39 is 16.8 Å². The van der Waals surface area contributed by atoms with Gasteiger partial charge in [-0.3, -0.25) is 14.9 Å². The summed E-state index contributed by atoms with van der Waals surface area (Å²) < 4.78 is 12.9. The van der Waals surface area contributed by atoms with E-state index in [9.17, 15) is 19.3 Å². The molecule has 1 N–H and O–H groups in total. The molecular weight excluding hydrogens is 289 g/mol. The average molecular weight is 296 g/mol. The number of hydrogen-bond acceptors (Lipinski definition) is 4. The summed E-state index contributed by atoms with van der Waals surface area (Å²) in [4.78, 5) is 25.4. The normalized spacial score (nSPS) is 10.1. The van der Waals surface area contributed by atoms with Crippen LogP contribution in [0.4, 0.5) is 15.8 Å². The maximum Gasteiger partial charge on any atom is 0.292 e. The third-order valence-electron chi connectivity index (χ3n) is 2.35. The van der Waals surface area contributed by atoms with Crippen LogP contribution < -0.4 is 5.32 Å². The number of rotatable bonds is 3. The van der Waals surface area contributed by atoms with Crippen LogP contribution in [0.3, 0.4) is 0 Å². The molecule has 0 fully saturated rings. The quantitative estimate of drug-likeness (QED) is 0.536.